The average Bonchev–Trinajstić information content (AvgIpc) is 2.98. The number of alkyl halides is 4. The van der Waals surface area contributed by atoms with Crippen molar-refractivity contribution in [3.8, 4) is 11.6 Å². The molecule has 16 heteroatoms. The number of nitrogens with zero attached hydrogens (tertiary/aromatic N) is 4. The van der Waals surface area contributed by atoms with Gasteiger partial charge in [-0.25, -0.2) is 32.6 Å². The molecule has 0 bridgehead atoms. The van der Waals surface area contributed by atoms with Crippen LogP contribution >= 0.6 is 0 Å². The number of rotatable bonds is 8. The van der Waals surface area contributed by atoms with Crippen LogP contribution in [-0.4, -0.2) is 79.9 Å². The maximum absolute atomic E-state index is 14.7. The first-order valence-electron chi connectivity index (χ1n) is 14.8. The molecule has 2 atom stereocenters. The summed E-state index contributed by atoms with van der Waals surface area (Å²) in [5, 5.41) is 3.77. The molecule has 0 unspecified atom stereocenters. The van der Waals surface area contributed by atoms with Gasteiger partial charge in [-0.15, -0.1) is 0 Å². The number of likely N-dealkylation sites (tertiary alicyclic amines) is 1. The number of hydrogen-bond donors (Lipinski definition) is 2. The van der Waals surface area contributed by atoms with Crippen molar-refractivity contribution < 1.29 is 40.2 Å². The Kier molecular flexibility index (Phi) is 11.0. The fraction of sp³-hybridized carbons (Fsp3) is 0.375. The summed E-state index contributed by atoms with van der Waals surface area (Å²) in [5.74, 6) is -1.61. The van der Waals surface area contributed by atoms with Gasteiger partial charge in [0.1, 0.15) is 17.5 Å². The van der Waals surface area contributed by atoms with Crippen LogP contribution < -0.4 is 14.8 Å². The Labute approximate surface area is 275 Å². The van der Waals surface area contributed by atoms with E-state index in [-0.39, 0.29) is 42.8 Å². The monoisotopic (exact) mass is 692 g/mol. The average molecular weight is 693 g/mol. The van der Waals surface area contributed by atoms with E-state index in [1.165, 1.54) is 23.2 Å². The SMILES string of the molecule is C=NC(=N[C@H]1C[C@H](F)CN(C(=O)OC(C)(C)C)C1)N/C(=C\C)c1cccnc1Oc1ccc(NS(=O)(=O)CC(F)(F)F)c2ccccc12. The van der Waals surface area contributed by atoms with Gasteiger partial charge >= 0.3 is 12.3 Å². The van der Waals surface area contributed by atoms with Gasteiger partial charge in [0.25, 0.3) is 0 Å². The maximum atomic E-state index is 14.7. The van der Waals surface area contributed by atoms with Crippen LogP contribution in [0.3, 0.4) is 0 Å². The van der Waals surface area contributed by atoms with Crippen LogP contribution in [0, 0.1) is 0 Å². The van der Waals surface area contributed by atoms with Crippen molar-refractivity contribution in [2.24, 2.45) is 9.98 Å². The number of anilines is 1. The Bertz CT molecular complexity index is 1830. The van der Waals surface area contributed by atoms with E-state index >= 15 is 0 Å². The summed E-state index contributed by atoms with van der Waals surface area (Å²) in [6, 6.07) is 11.9. The molecule has 2 heterocycles. The van der Waals surface area contributed by atoms with Gasteiger partial charge < -0.3 is 19.7 Å². The predicted molar refractivity (Wildman–Crippen MR) is 177 cm³/mol. The Hall–Kier alpha value is -4.73. The van der Waals surface area contributed by atoms with Crippen molar-refractivity contribution in [1.82, 2.24) is 15.2 Å². The van der Waals surface area contributed by atoms with E-state index in [1.54, 1.807) is 70.2 Å². The number of carbonyl (C=O) groups excluding carboxylic acids is 1. The molecule has 1 saturated heterocycles. The van der Waals surface area contributed by atoms with E-state index in [4.69, 9.17) is 9.47 Å². The maximum Gasteiger partial charge on any atom is 0.410 e. The number of nitrogens with one attached hydrogen (secondary N) is 2. The number of piperidine rings is 1. The Morgan fingerprint density at radius 3 is 2.46 bits per heavy atom. The lowest BCUT2D eigenvalue weighted by atomic mass is 10.1. The summed E-state index contributed by atoms with van der Waals surface area (Å²) in [7, 11) is -4.74. The second-order valence-corrected chi connectivity index (χ2v) is 13.6. The van der Waals surface area contributed by atoms with Gasteiger partial charge in [-0.05, 0) is 58.7 Å². The molecule has 258 valence electrons. The Morgan fingerprint density at radius 1 is 1.10 bits per heavy atom. The first-order valence-corrected chi connectivity index (χ1v) is 16.4. The molecular formula is C32H36F4N6O5S. The van der Waals surface area contributed by atoms with Crippen LogP contribution in [0.25, 0.3) is 16.5 Å². The molecule has 1 aliphatic heterocycles. The molecule has 0 radical (unpaired) electrons. The van der Waals surface area contributed by atoms with Crippen LogP contribution in [-0.2, 0) is 14.8 Å². The number of ether oxygens (including phenoxy) is 2. The minimum atomic E-state index is -4.92. The quantitative estimate of drug-likeness (QED) is 0.153. The van der Waals surface area contributed by atoms with E-state index in [9.17, 15) is 30.8 Å². The molecule has 3 aromatic rings. The van der Waals surface area contributed by atoms with Crippen LogP contribution in [0.1, 0.15) is 39.7 Å². The van der Waals surface area contributed by atoms with E-state index in [2.05, 4.69) is 27.0 Å². The van der Waals surface area contributed by atoms with Crippen molar-refractivity contribution in [1.29, 1.82) is 0 Å². The summed E-state index contributed by atoms with van der Waals surface area (Å²) in [4.78, 5) is 26.7. The van der Waals surface area contributed by atoms with Crippen LogP contribution in [0.4, 0.5) is 28.0 Å². The molecule has 48 heavy (non-hydrogen) atoms. The number of aliphatic imine (C=N–C) groups is 2. The molecule has 1 aliphatic rings. The first-order chi connectivity index (χ1) is 22.5. The minimum absolute atomic E-state index is 0.0550. The third-order valence-corrected chi connectivity index (χ3v) is 8.03. The number of halogens is 4. The summed E-state index contributed by atoms with van der Waals surface area (Å²) in [5.41, 5.74) is 0.0986. The predicted octanol–water partition coefficient (Wildman–Crippen LogP) is 6.69. The smallest absolute Gasteiger partial charge is 0.410 e. The van der Waals surface area contributed by atoms with Crippen molar-refractivity contribution in [2.45, 2.75) is 58.1 Å². The van der Waals surface area contributed by atoms with Crippen LogP contribution in [0.5, 0.6) is 11.6 Å². The Balaban J connectivity index is 1.58. The zero-order chi connectivity index (χ0) is 35.3. The molecule has 2 aromatic carbocycles. The van der Waals surface area contributed by atoms with E-state index in [0.717, 1.165) is 0 Å². The van der Waals surface area contributed by atoms with Crippen molar-refractivity contribution in [3.05, 3.63) is 66.4 Å². The summed E-state index contributed by atoms with van der Waals surface area (Å²) in [6.07, 6.45) is -3.64. The lowest BCUT2D eigenvalue weighted by Gasteiger charge is -2.34. The molecule has 11 nitrogen and oxygen atoms in total. The summed E-state index contributed by atoms with van der Waals surface area (Å²) >= 11 is 0. The summed E-state index contributed by atoms with van der Waals surface area (Å²) in [6.45, 7) is 10.5. The number of amides is 1. The largest absolute Gasteiger partial charge is 0.444 e. The van der Waals surface area contributed by atoms with Gasteiger partial charge in [0, 0.05) is 35.6 Å². The lowest BCUT2D eigenvalue weighted by molar-refractivity contribution is -0.106. The molecule has 0 spiro atoms. The van der Waals surface area contributed by atoms with Gasteiger partial charge in [-0.1, -0.05) is 30.3 Å². The highest BCUT2D eigenvalue weighted by atomic mass is 32.2. The number of aromatic nitrogens is 1. The highest BCUT2D eigenvalue weighted by Crippen LogP contribution is 2.36. The number of guanidine groups is 1. The standard InChI is InChI=1S/C32H36F4N6O5S/c1-6-25(40-29(37-5)39-21-16-20(33)17-42(18-21)30(43)47-31(2,3)4)24-12-9-15-38-28(24)46-27-14-13-26(22-10-7-8-11-23(22)27)41-48(44,45)19-32(34,35)36/h6-15,20-21,41H,5,16-19H2,1-4H3,(H,39,40)/b25-6-/t20-,21-/m0/s1. The number of fused-ring (bicyclic) bond motifs is 1. The van der Waals surface area contributed by atoms with Gasteiger partial charge in [0.2, 0.25) is 21.9 Å². The fourth-order valence-corrected chi connectivity index (χ4v) is 5.95. The number of hydrogen-bond acceptors (Lipinski definition) is 7. The number of pyridine rings is 1. The molecule has 1 aromatic heterocycles. The van der Waals surface area contributed by atoms with E-state index < -0.39 is 45.9 Å². The Morgan fingerprint density at radius 2 is 1.81 bits per heavy atom. The van der Waals surface area contributed by atoms with E-state index in [1.807, 2.05) is 4.72 Å². The van der Waals surface area contributed by atoms with Crippen LogP contribution in [0.2, 0.25) is 0 Å². The number of benzene rings is 2. The highest BCUT2D eigenvalue weighted by molar-refractivity contribution is 7.92. The van der Waals surface area contributed by atoms with E-state index in [0.29, 0.717) is 22.0 Å². The third kappa shape index (κ3) is 9.89. The van der Waals surface area contributed by atoms with Crippen LogP contribution in [0.15, 0.2) is 70.8 Å². The second kappa shape index (κ2) is 14.6. The van der Waals surface area contributed by atoms with Gasteiger partial charge in [0.05, 0.1) is 23.8 Å². The lowest BCUT2D eigenvalue weighted by Crippen LogP contribution is -2.48. The highest BCUT2D eigenvalue weighted by Gasteiger charge is 2.36. The molecule has 1 fully saturated rings. The summed E-state index contributed by atoms with van der Waals surface area (Å²) < 4.78 is 91.1. The topological polar surface area (TPSA) is 135 Å². The normalized spacial score (nSPS) is 18.0. The fourth-order valence-electron chi connectivity index (χ4n) is 4.93. The zero-order valence-electron chi connectivity index (χ0n) is 26.7. The number of carbonyl (C=O) groups is 1. The third-order valence-electron chi connectivity index (χ3n) is 6.79. The van der Waals surface area contributed by atoms with Gasteiger partial charge in [0.15, 0.2) is 5.75 Å². The molecule has 1 amide bonds. The molecule has 2 N–H and O–H groups in total. The minimum Gasteiger partial charge on any atom is -0.444 e. The molecule has 0 saturated carbocycles. The van der Waals surface area contributed by atoms with Crippen molar-refractivity contribution >= 4 is 51.0 Å². The molecular weight excluding hydrogens is 656 g/mol. The first kappa shape index (κ1) is 36.1. The van der Waals surface area contributed by atoms with Gasteiger partial charge in [-0.2, -0.15) is 13.2 Å². The van der Waals surface area contributed by atoms with Crippen molar-refractivity contribution in [3.63, 3.8) is 0 Å². The second-order valence-electron chi connectivity index (χ2n) is 11.9. The van der Waals surface area contributed by atoms with Crippen molar-refractivity contribution in [2.75, 3.05) is 23.6 Å². The number of sulfonamides is 1. The molecule has 0 aliphatic carbocycles. The molecule has 4 rings (SSSR count). The van der Waals surface area contributed by atoms with Gasteiger partial charge in [-0.3, -0.25) is 4.72 Å². The number of allylic oxidation sites excluding steroid dienone is 1. The zero-order valence-corrected chi connectivity index (χ0v) is 27.5.